The number of nitrogens with zero attached hydrogens (tertiary/aromatic N) is 1. The number of rotatable bonds is 8. The molecule has 3 heteroatoms. The molecule has 1 aliphatic heterocycles. The monoisotopic (exact) mass is 296 g/mol. The lowest BCUT2D eigenvalue weighted by Crippen LogP contribution is -2.49. The summed E-state index contributed by atoms with van der Waals surface area (Å²) in [6.07, 6.45) is 8.32. The van der Waals surface area contributed by atoms with Crippen LogP contribution in [-0.4, -0.2) is 51.3 Å². The molecule has 0 bridgehead atoms. The lowest BCUT2D eigenvalue weighted by Gasteiger charge is -2.40. The van der Waals surface area contributed by atoms with Gasteiger partial charge < -0.3 is 15.0 Å². The highest BCUT2D eigenvalue weighted by atomic mass is 16.5. The zero-order valence-corrected chi connectivity index (χ0v) is 14.5. The summed E-state index contributed by atoms with van der Waals surface area (Å²) in [7, 11) is 2.32. The van der Waals surface area contributed by atoms with Gasteiger partial charge in [-0.2, -0.15) is 0 Å². The topological polar surface area (TPSA) is 24.5 Å². The van der Waals surface area contributed by atoms with Crippen LogP contribution in [-0.2, 0) is 4.74 Å². The summed E-state index contributed by atoms with van der Waals surface area (Å²) in [5.74, 6) is 1.67. The van der Waals surface area contributed by atoms with E-state index < -0.39 is 0 Å². The minimum Gasteiger partial charge on any atom is -0.381 e. The Balaban J connectivity index is 1.82. The average Bonchev–Trinajstić information content (AvgIpc) is 2.91. The lowest BCUT2D eigenvalue weighted by atomic mass is 9.81. The molecule has 2 fully saturated rings. The van der Waals surface area contributed by atoms with Gasteiger partial charge in [0.2, 0.25) is 0 Å². The van der Waals surface area contributed by atoms with Gasteiger partial charge in [0.15, 0.2) is 0 Å². The van der Waals surface area contributed by atoms with Crippen molar-refractivity contribution >= 4 is 0 Å². The van der Waals surface area contributed by atoms with Crippen LogP contribution in [0.1, 0.15) is 52.4 Å². The zero-order chi connectivity index (χ0) is 15.1. The summed E-state index contributed by atoms with van der Waals surface area (Å²) in [5.41, 5.74) is 0.334. The van der Waals surface area contributed by atoms with Gasteiger partial charge in [0, 0.05) is 31.7 Å². The second-order valence-corrected chi connectivity index (χ2v) is 8.03. The van der Waals surface area contributed by atoms with Crippen molar-refractivity contribution in [2.24, 2.45) is 17.3 Å². The van der Waals surface area contributed by atoms with E-state index in [9.17, 15) is 0 Å². The Morgan fingerprint density at radius 1 is 1.24 bits per heavy atom. The molecule has 1 saturated heterocycles. The second kappa shape index (κ2) is 8.50. The molecule has 2 aliphatic rings. The summed E-state index contributed by atoms with van der Waals surface area (Å²) >= 11 is 0. The number of hydrogen-bond donors (Lipinski definition) is 1. The number of hydrogen-bond acceptors (Lipinski definition) is 3. The lowest BCUT2D eigenvalue weighted by molar-refractivity contribution is -0.0244. The predicted octanol–water partition coefficient (Wildman–Crippen LogP) is 3.15. The molecule has 0 aromatic rings. The van der Waals surface area contributed by atoms with E-state index in [1.165, 1.54) is 51.6 Å². The maximum Gasteiger partial charge on any atom is 0.0546 e. The molecule has 1 atom stereocenters. The summed E-state index contributed by atoms with van der Waals surface area (Å²) in [6.45, 7) is 11.2. The molecule has 2 rings (SSSR count). The molecule has 1 N–H and O–H groups in total. The summed E-state index contributed by atoms with van der Waals surface area (Å²) < 4.78 is 5.85. The molecule has 3 nitrogen and oxygen atoms in total. The second-order valence-electron chi connectivity index (χ2n) is 8.03. The molecular weight excluding hydrogens is 260 g/mol. The minimum absolute atomic E-state index is 0.334. The molecule has 0 aromatic carbocycles. The maximum absolute atomic E-state index is 5.85. The maximum atomic E-state index is 5.85. The van der Waals surface area contributed by atoms with Crippen LogP contribution in [0.15, 0.2) is 0 Å². The molecule has 21 heavy (non-hydrogen) atoms. The quantitative estimate of drug-likeness (QED) is 0.744. The highest BCUT2D eigenvalue weighted by Crippen LogP contribution is 2.31. The Hall–Kier alpha value is -0.120. The van der Waals surface area contributed by atoms with Gasteiger partial charge in [0.1, 0.15) is 0 Å². The van der Waals surface area contributed by atoms with Crippen LogP contribution in [0.3, 0.4) is 0 Å². The Morgan fingerprint density at radius 3 is 2.62 bits per heavy atom. The molecule has 1 aliphatic carbocycles. The van der Waals surface area contributed by atoms with Crippen molar-refractivity contribution in [2.75, 3.05) is 46.4 Å². The van der Waals surface area contributed by atoms with Gasteiger partial charge in [-0.1, -0.05) is 26.7 Å². The SMILES string of the molecule is CC(C)CNCC1(CN(C)CC2CCCC2)CCCOC1. The van der Waals surface area contributed by atoms with E-state index >= 15 is 0 Å². The van der Waals surface area contributed by atoms with Crippen molar-refractivity contribution in [1.82, 2.24) is 10.2 Å². The summed E-state index contributed by atoms with van der Waals surface area (Å²) in [5, 5.41) is 3.69. The molecule has 0 amide bonds. The van der Waals surface area contributed by atoms with Crippen molar-refractivity contribution in [1.29, 1.82) is 0 Å². The van der Waals surface area contributed by atoms with Crippen molar-refractivity contribution in [3.63, 3.8) is 0 Å². The van der Waals surface area contributed by atoms with E-state index in [-0.39, 0.29) is 0 Å². The first-order valence-electron chi connectivity index (χ1n) is 9.07. The van der Waals surface area contributed by atoms with Crippen molar-refractivity contribution in [3.05, 3.63) is 0 Å². The van der Waals surface area contributed by atoms with Gasteiger partial charge >= 0.3 is 0 Å². The Kier molecular flexibility index (Phi) is 6.97. The first kappa shape index (κ1) is 17.2. The van der Waals surface area contributed by atoms with Crippen LogP contribution in [0.2, 0.25) is 0 Å². The van der Waals surface area contributed by atoms with Crippen LogP contribution >= 0.6 is 0 Å². The standard InChI is InChI=1S/C18H36N2O/c1-16(2)11-19-13-18(9-6-10-21-15-18)14-20(3)12-17-7-4-5-8-17/h16-17,19H,4-15H2,1-3H3. The third-order valence-electron chi connectivity index (χ3n) is 5.11. The van der Waals surface area contributed by atoms with E-state index in [2.05, 4.69) is 31.1 Å². The van der Waals surface area contributed by atoms with Gasteiger partial charge in [-0.25, -0.2) is 0 Å². The highest BCUT2D eigenvalue weighted by molar-refractivity contribution is 4.87. The first-order chi connectivity index (χ1) is 10.1. The largest absolute Gasteiger partial charge is 0.381 e. The van der Waals surface area contributed by atoms with Crippen molar-refractivity contribution < 1.29 is 4.74 Å². The number of ether oxygens (including phenoxy) is 1. The van der Waals surface area contributed by atoms with E-state index in [0.29, 0.717) is 5.41 Å². The van der Waals surface area contributed by atoms with Crippen LogP contribution in [0.5, 0.6) is 0 Å². The Labute approximate surface area is 131 Å². The Morgan fingerprint density at radius 2 is 2.00 bits per heavy atom. The normalized spacial score (nSPS) is 27.9. The molecule has 1 heterocycles. The van der Waals surface area contributed by atoms with E-state index in [1.54, 1.807) is 0 Å². The predicted molar refractivity (Wildman–Crippen MR) is 89.6 cm³/mol. The molecule has 0 aromatic heterocycles. The van der Waals surface area contributed by atoms with E-state index in [4.69, 9.17) is 4.74 Å². The van der Waals surface area contributed by atoms with Crippen molar-refractivity contribution in [2.45, 2.75) is 52.4 Å². The molecule has 0 spiro atoms. The van der Waals surface area contributed by atoms with Crippen LogP contribution in [0.4, 0.5) is 0 Å². The fourth-order valence-corrected chi connectivity index (χ4v) is 4.13. The molecule has 124 valence electrons. The van der Waals surface area contributed by atoms with Crippen molar-refractivity contribution in [3.8, 4) is 0 Å². The molecular formula is C18H36N2O. The smallest absolute Gasteiger partial charge is 0.0546 e. The first-order valence-corrected chi connectivity index (χ1v) is 9.07. The van der Waals surface area contributed by atoms with Gasteiger partial charge in [-0.15, -0.1) is 0 Å². The van der Waals surface area contributed by atoms with Crippen LogP contribution in [0, 0.1) is 17.3 Å². The average molecular weight is 296 g/mol. The van der Waals surface area contributed by atoms with Crippen LogP contribution in [0.25, 0.3) is 0 Å². The fraction of sp³-hybridized carbons (Fsp3) is 1.00. The van der Waals surface area contributed by atoms with Gasteiger partial charge in [0.05, 0.1) is 6.61 Å². The van der Waals surface area contributed by atoms with Gasteiger partial charge in [-0.05, 0) is 51.1 Å². The Bertz CT molecular complexity index is 281. The van der Waals surface area contributed by atoms with Gasteiger partial charge in [0.25, 0.3) is 0 Å². The fourth-order valence-electron chi connectivity index (χ4n) is 4.13. The third-order valence-corrected chi connectivity index (χ3v) is 5.11. The zero-order valence-electron chi connectivity index (χ0n) is 14.5. The molecule has 1 saturated carbocycles. The summed E-state index contributed by atoms with van der Waals surface area (Å²) in [6, 6.07) is 0. The number of nitrogens with one attached hydrogen (secondary N) is 1. The highest BCUT2D eigenvalue weighted by Gasteiger charge is 2.34. The van der Waals surface area contributed by atoms with E-state index in [0.717, 1.165) is 38.1 Å². The van der Waals surface area contributed by atoms with Gasteiger partial charge in [-0.3, -0.25) is 0 Å². The summed E-state index contributed by atoms with van der Waals surface area (Å²) in [4.78, 5) is 2.59. The molecule has 1 unspecified atom stereocenters. The molecule has 0 radical (unpaired) electrons. The minimum atomic E-state index is 0.334. The van der Waals surface area contributed by atoms with Crippen LogP contribution < -0.4 is 5.32 Å². The third kappa shape index (κ3) is 5.88. The van der Waals surface area contributed by atoms with E-state index in [1.807, 2.05) is 0 Å².